The molecule has 3 rings (SSSR count). The van der Waals surface area contributed by atoms with Gasteiger partial charge in [0.2, 0.25) is 10.0 Å². The van der Waals surface area contributed by atoms with Crippen molar-refractivity contribution in [2.24, 2.45) is 0 Å². The van der Waals surface area contributed by atoms with Gasteiger partial charge >= 0.3 is 0 Å². The van der Waals surface area contributed by atoms with Crippen LogP contribution in [-0.4, -0.2) is 54.5 Å². The van der Waals surface area contributed by atoms with Gasteiger partial charge in [0.15, 0.2) is 0 Å². The molecular weight excluding hydrogens is 340 g/mol. The third-order valence-corrected chi connectivity index (χ3v) is 7.07. The maximum absolute atomic E-state index is 12.2. The molecule has 1 aromatic heterocycles. The van der Waals surface area contributed by atoms with Crippen molar-refractivity contribution in [2.45, 2.75) is 50.3 Å². The van der Waals surface area contributed by atoms with E-state index in [1.165, 1.54) is 0 Å². The lowest BCUT2D eigenvalue weighted by atomic mass is 10.1. The summed E-state index contributed by atoms with van der Waals surface area (Å²) < 4.78 is 26.1. The topological polar surface area (TPSA) is 91.4 Å². The van der Waals surface area contributed by atoms with E-state index in [9.17, 15) is 13.2 Å². The van der Waals surface area contributed by atoms with E-state index in [2.05, 4.69) is 15.6 Å². The minimum atomic E-state index is -3.06. The molecule has 1 aliphatic heterocycles. The third kappa shape index (κ3) is 4.49. The van der Waals surface area contributed by atoms with Gasteiger partial charge in [-0.3, -0.25) is 4.79 Å². The Balaban J connectivity index is 1.49. The predicted octanol–water partition coefficient (Wildman–Crippen LogP) is 1.59. The fourth-order valence-corrected chi connectivity index (χ4v) is 4.87. The number of nitrogens with one attached hydrogen (secondary N) is 2. The number of hydrogen-bond acceptors (Lipinski definition) is 5. The van der Waals surface area contributed by atoms with Crippen LogP contribution in [0.4, 0.5) is 5.82 Å². The first kappa shape index (κ1) is 18.1. The first-order valence-corrected chi connectivity index (χ1v) is 10.5. The molecule has 1 saturated heterocycles. The summed E-state index contributed by atoms with van der Waals surface area (Å²) in [5.74, 6) is 0.607. The summed E-state index contributed by atoms with van der Waals surface area (Å²) >= 11 is 0. The second kappa shape index (κ2) is 7.70. The Morgan fingerprint density at radius 2 is 1.96 bits per heavy atom. The molecule has 1 aromatic rings. The van der Waals surface area contributed by atoms with Crippen LogP contribution in [0.2, 0.25) is 0 Å². The van der Waals surface area contributed by atoms with Crippen molar-refractivity contribution in [3.05, 3.63) is 23.9 Å². The maximum Gasteiger partial charge on any atom is 0.252 e. The van der Waals surface area contributed by atoms with E-state index in [-0.39, 0.29) is 17.2 Å². The second-order valence-electron chi connectivity index (χ2n) is 6.75. The Morgan fingerprint density at radius 1 is 1.24 bits per heavy atom. The zero-order valence-electron chi connectivity index (χ0n) is 14.6. The molecule has 2 N–H and O–H groups in total. The van der Waals surface area contributed by atoms with Crippen LogP contribution in [0.25, 0.3) is 0 Å². The van der Waals surface area contributed by atoms with Gasteiger partial charge in [0.1, 0.15) is 5.82 Å². The Labute approximate surface area is 149 Å². The average Bonchev–Trinajstić information content (AvgIpc) is 3.46. The number of sulfonamides is 1. The number of carbonyl (C=O) groups is 1. The molecule has 7 nitrogen and oxygen atoms in total. The third-order valence-electron chi connectivity index (χ3n) is 4.67. The van der Waals surface area contributed by atoms with E-state index < -0.39 is 10.0 Å². The highest BCUT2D eigenvalue weighted by molar-refractivity contribution is 7.90. The number of amides is 1. The molecule has 2 fully saturated rings. The van der Waals surface area contributed by atoms with Crippen LogP contribution in [0.15, 0.2) is 18.3 Å². The van der Waals surface area contributed by atoms with Crippen LogP contribution in [0.3, 0.4) is 0 Å². The predicted molar refractivity (Wildman–Crippen MR) is 97.0 cm³/mol. The molecular formula is C17H26N4O3S. The van der Waals surface area contributed by atoms with Crippen LogP contribution >= 0.6 is 0 Å². The largest absolute Gasteiger partial charge is 0.367 e. The van der Waals surface area contributed by atoms with Crippen molar-refractivity contribution in [1.29, 1.82) is 0 Å². The molecule has 0 spiro atoms. The summed E-state index contributed by atoms with van der Waals surface area (Å²) in [6.45, 7) is 3.79. The van der Waals surface area contributed by atoms with Gasteiger partial charge in [0, 0.05) is 31.9 Å². The maximum atomic E-state index is 12.2. The standard InChI is InChI=1S/C17H26N4O3S/c1-2-9-18-17(22)13-3-6-16(19-12-13)20-14-7-10-21(11-8-14)25(23,24)15-4-5-15/h3,6,12,14-15H,2,4-5,7-11H2,1H3,(H,18,22)(H,19,20). The van der Waals surface area contributed by atoms with Crippen molar-refractivity contribution in [3.8, 4) is 0 Å². The van der Waals surface area contributed by atoms with Crippen molar-refractivity contribution >= 4 is 21.7 Å². The number of pyridine rings is 1. The van der Waals surface area contributed by atoms with Gasteiger partial charge in [-0.2, -0.15) is 0 Å². The minimum absolute atomic E-state index is 0.112. The number of anilines is 1. The smallest absolute Gasteiger partial charge is 0.252 e. The summed E-state index contributed by atoms with van der Waals surface area (Å²) in [5, 5.41) is 6.03. The van der Waals surface area contributed by atoms with Crippen LogP contribution in [0.1, 0.15) is 49.4 Å². The number of piperidine rings is 1. The number of hydrogen-bond donors (Lipinski definition) is 2. The lowest BCUT2D eigenvalue weighted by molar-refractivity contribution is 0.0953. The molecule has 138 valence electrons. The normalized spacial score (nSPS) is 19.6. The van der Waals surface area contributed by atoms with Gasteiger partial charge in [-0.15, -0.1) is 0 Å². The monoisotopic (exact) mass is 366 g/mol. The molecule has 2 aliphatic rings. The molecule has 0 unspecified atom stereocenters. The SMILES string of the molecule is CCCNC(=O)c1ccc(NC2CCN(S(=O)(=O)C3CC3)CC2)nc1. The second-order valence-corrected chi connectivity index (χ2v) is 8.96. The molecule has 0 atom stereocenters. The molecule has 8 heteroatoms. The molecule has 1 aliphatic carbocycles. The van der Waals surface area contributed by atoms with Crippen molar-refractivity contribution in [2.75, 3.05) is 25.0 Å². The fourth-order valence-electron chi connectivity index (χ4n) is 2.99. The zero-order chi connectivity index (χ0) is 17.9. The van der Waals surface area contributed by atoms with Crippen LogP contribution in [-0.2, 0) is 10.0 Å². The van der Waals surface area contributed by atoms with E-state index in [0.717, 1.165) is 37.9 Å². The van der Waals surface area contributed by atoms with Crippen molar-refractivity contribution < 1.29 is 13.2 Å². The minimum Gasteiger partial charge on any atom is -0.367 e. The fraction of sp³-hybridized carbons (Fsp3) is 0.647. The van der Waals surface area contributed by atoms with E-state index in [0.29, 0.717) is 25.2 Å². The van der Waals surface area contributed by atoms with Gasteiger partial charge in [-0.1, -0.05) is 6.92 Å². The summed E-state index contributed by atoms with van der Waals surface area (Å²) in [6, 6.07) is 3.76. The highest BCUT2D eigenvalue weighted by atomic mass is 32.2. The number of rotatable bonds is 7. The molecule has 1 amide bonds. The van der Waals surface area contributed by atoms with E-state index in [4.69, 9.17) is 0 Å². The highest BCUT2D eigenvalue weighted by Gasteiger charge is 2.41. The molecule has 0 aromatic carbocycles. The Morgan fingerprint density at radius 3 is 2.52 bits per heavy atom. The van der Waals surface area contributed by atoms with E-state index in [1.54, 1.807) is 22.6 Å². The lowest BCUT2D eigenvalue weighted by Crippen LogP contribution is -2.43. The van der Waals surface area contributed by atoms with Gasteiger partial charge in [0.05, 0.1) is 10.8 Å². The Kier molecular flexibility index (Phi) is 5.58. The number of carbonyl (C=O) groups excluding carboxylic acids is 1. The number of aromatic nitrogens is 1. The Hall–Kier alpha value is -1.67. The van der Waals surface area contributed by atoms with Gasteiger partial charge < -0.3 is 10.6 Å². The van der Waals surface area contributed by atoms with Gasteiger partial charge in [-0.25, -0.2) is 17.7 Å². The first-order chi connectivity index (χ1) is 12.0. The number of nitrogens with zero attached hydrogens (tertiary/aromatic N) is 2. The molecule has 25 heavy (non-hydrogen) atoms. The molecule has 0 radical (unpaired) electrons. The molecule has 2 heterocycles. The van der Waals surface area contributed by atoms with Crippen LogP contribution < -0.4 is 10.6 Å². The van der Waals surface area contributed by atoms with Gasteiger partial charge in [-0.05, 0) is 44.2 Å². The summed E-state index contributed by atoms with van der Waals surface area (Å²) in [6.07, 6.45) is 5.62. The lowest BCUT2D eigenvalue weighted by Gasteiger charge is -2.31. The summed E-state index contributed by atoms with van der Waals surface area (Å²) in [4.78, 5) is 16.2. The molecule has 0 bridgehead atoms. The van der Waals surface area contributed by atoms with Crippen LogP contribution in [0.5, 0.6) is 0 Å². The summed E-state index contributed by atoms with van der Waals surface area (Å²) in [7, 11) is -3.06. The van der Waals surface area contributed by atoms with Crippen LogP contribution in [0, 0.1) is 0 Å². The first-order valence-electron chi connectivity index (χ1n) is 9.00. The van der Waals surface area contributed by atoms with E-state index in [1.807, 2.05) is 6.92 Å². The van der Waals surface area contributed by atoms with Gasteiger partial charge in [0.25, 0.3) is 5.91 Å². The molecule has 1 saturated carbocycles. The average molecular weight is 366 g/mol. The Bertz CT molecular complexity index is 693. The zero-order valence-corrected chi connectivity index (χ0v) is 15.4. The summed E-state index contributed by atoms with van der Waals surface area (Å²) in [5.41, 5.74) is 0.546. The van der Waals surface area contributed by atoms with Crippen molar-refractivity contribution in [3.63, 3.8) is 0 Å². The quantitative estimate of drug-likeness (QED) is 0.765. The highest BCUT2D eigenvalue weighted by Crippen LogP contribution is 2.32. The van der Waals surface area contributed by atoms with Crippen molar-refractivity contribution in [1.82, 2.24) is 14.6 Å². The van der Waals surface area contributed by atoms with E-state index >= 15 is 0 Å².